The molecule has 13 nitrogen and oxygen atoms in total. The van der Waals surface area contributed by atoms with Gasteiger partial charge >= 0.3 is 0 Å². The minimum atomic E-state index is -1.68. The molecular weight excluding hydrogens is 472 g/mol. The van der Waals surface area contributed by atoms with E-state index in [1.165, 1.54) is 19.2 Å². The van der Waals surface area contributed by atoms with Crippen molar-refractivity contribution in [1.82, 2.24) is 0 Å². The molecule has 0 aromatic heterocycles. The number of aliphatic hydroxyl groups excluding tert-OH is 8. The fourth-order valence-corrected chi connectivity index (χ4v) is 3.80. The number of rotatable bonds is 8. The van der Waals surface area contributed by atoms with Gasteiger partial charge in [0.15, 0.2) is 11.5 Å². The fraction of sp³-hybridized carbons (Fsp3) is 0.636. The second-order valence-corrected chi connectivity index (χ2v) is 8.17. The standard InChI is InChI=1S/C22H32O13/c1-3-4-9-5-11(31-2)12(33-22-20(30)18(28)16(26)14(8-24)35-22)6-10(9)32-21-19(29)17(27)15(25)13(7-23)34-21/h3-6,13-30H,7-8H2,1-2H3. The Morgan fingerprint density at radius 2 is 1.20 bits per heavy atom. The lowest BCUT2D eigenvalue weighted by Crippen LogP contribution is -2.60. The fourth-order valence-electron chi connectivity index (χ4n) is 3.80. The predicted molar refractivity (Wildman–Crippen MR) is 116 cm³/mol. The topological polar surface area (TPSA) is 208 Å². The number of aliphatic hydroxyl groups is 8. The van der Waals surface area contributed by atoms with Crippen LogP contribution in [0.2, 0.25) is 0 Å². The van der Waals surface area contributed by atoms with Crippen LogP contribution in [0.15, 0.2) is 18.2 Å². The zero-order chi connectivity index (χ0) is 25.9. The van der Waals surface area contributed by atoms with Crippen molar-refractivity contribution in [3.05, 3.63) is 23.8 Å². The molecule has 0 saturated carbocycles. The average Bonchev–Trinajstić information content (AvgIpc) is 2.85. The molecule has 2 aliphatic heterocycles. The maximum atomic E-state index is 10.3. The zero-order valence-corrected chi connectivity index (χ0v) is 19.1. The Kier molecular flexibility index (Phi) is 9.28. The van der Waals surface area contributed by atoms with Crippen LogP contribution in [0.5, 0.6) is 17.2 Å². The smallest absolute Gasteiger partial charge is 0.229 e. The van der Waals surface area contributed by atoms with E-state index < -0.39 is 74.6 Å². The largest absolute Gasteiger partial charge is 0.493 e. The van der Waals surface area contributed by atoms with Crippen LogP contribution >= 0.6 is 0 Å². The summed E-state index contributed by atoms with van der Waals surface area (Å²) in [5.41, 5.74) is 0.433. The monoisotopic (exact) mass is 504 g/mol. The SMILES string of the molecule is CC=Cc1cc(OC)c(OC2OC(CO)C(O)C(O)C2O)cc1OC1OC(CO)C(O)C(O)C1O. The number of ether oxygens (including phenoxy) is 5. The molecule has 3 rings (SSSR count). The highest BCUT2D eigenvalue weighted by atomic mass is 16.7. The Morgan fingerprint density at radius 3 is 1.63 bits per heavy atom. The summed E-state index contributed by atoms with van der Waals surface area (Å²) in [6, 6.07) is 2.82. The Bertz CT molecular complexity index is 860. The van der Waals surface area contributed by atoms with Gasteiger partial charge in [-0.05, 0) is 13.0 Å². The van der Waals surface area contributed by atoms with Gasteiger partial charge in [-0.15, -0.1) is 0 Å². The molecule has 0 bridgehead atoms. The molecule has 0 radical (unpaired) electrons. The zero-order valence-electron chi connectivity index (χ0n) is 19.1. The summed E-state index contributed by atoms with van der Waals surface area (Å²) in [5, 5.41) is 79.5. The highest BCUT2D eigenvalue weighted by Crippen LogP contribution is 2.39. The van der Waals surface area contributed by atoms with Gasteiger partial charge < -0.3 is 64.5 Å². The van der Waals surface area contributed by atoms with E-state index in [2.05, 4.69) is 0 Å². The number of methoxy groups -OCH3 is 1. The summed E-state index contributed by atoms with van der Waals surface area (Å²) in [6.07, 6.45) is -11.8. The van der Waals surface area contributed by atoms with Crippen molar-refractivity contribution in [2.24, 2.45) is 0 Å². The van der Waals surface area contributed by atoms with Gasteiger partial charge in [-0.1, -0.05) is 12.2 Å². The van der Waals surface area contributed by atoms with Gasteiger partial charge in [-0.2, -0.15) is 0 Å². The summed E-state index contributed by atoms with van der Waals surface area (Å²) >= 11 is 0. The first-order valence-corrected chi connectivity index (χ1v) is 11.0. The van der Waals surface area contributed by atoms with Gasteiger partial charge in [0.25, 0.3) is 0 Å². The van der Waals surface area contributed by atoms with Crippen molar-refractivity contribution in [1.29, 1.82) is 0 Å². The molecule has 0 amide bonds. The summed E-state index contributed by atoms with van der Waals surface area (Å²) in [7, 11) is 1.35. The lowest BCUT2D eigenvalue weighted by molar-refractivity contribution is -0.278. The summed E-state index contributed by atoms with van der Waals surface area (Å²) in [4.78, 5) is 0. The third-order valence-electron chi connectivity index (χ3n) is 5.83. The van der Waals surface area contributed by atoms with E-state index in [9.17, 15) is 40.9 Å². The van der Waals surface area contributed by atoms with Crippen molar-refractivity contribution in [2.45, 2.75) is 68.3 Å². The van der Waals surface area contributed by atoms with E-state index in [0.29, 0.717) is 5.56 Å². The van der Waals surface area contributed by atoms with Crippen LogP contribution in [0.1, 0.15) is 12.5 Å². The molecule has 198 valence electrons. The first kappa shape index (κ1) is 27.5. The molecule has 1 aromatic carbocycles. The van der Waals surface area contributed by atoms with Crippen LogP contribution in [0.3, 0.4) is 0 Å². The van der Waals surface area contributed by atoms with E-state index in [-0.39, 0.29) is 17.2 Å². The minimum Gasteiger partial charge on any atom is -0.493 e. The lowest BCUT2D eigenvalue weighted by Gasteiger charge is -2.40. The van der Waals surface area contributed by atoms with Crippen LogP contribution in [0.4, 0.5) is 0 Å². The Balaban J connectivity index is 1.93. The Morgan fingerprint density at radius 1 is 0.714 bits per heavy atom. The molecule has 2 aliphatic rings. The third kappa shape index (κ3) is 5.70. The van der Waals surface area contributed by atoms with Crippen molar-refractivity contribution in [3.8, 4) is 17.2 Å². The van der Waals surface area contributed by atoms with Gasteiger partial charge in [0.1, 0.15) is 54.6 Å². The number of benzene rings is 1. The van der Waals surface area contributed by atoms with Crippen LogP contribution in [0.25, 0.3) is 6.08 Å². The molecule has 1 aromatic rings. The lowest BCUT2D eigenvalue weighted by atomic mass is 9.99. The normalized spacial score (nSPS) is 37.9. The summed E-state index contributed by atoms with van der Waals surface area (Å²) in [6.45, 7) is 0.455. The quantitative estimate of drug-likeness (QED) is 0.179. The van der Waals surface area contributed by atoms with Crippen molar-refractivity contribution in [2.75, 3.05) is 20.3 Å². The van der Waals surface area contributed by atoms with E-state index >= 15 is 0 Å². The van der Waals surface area contributed by atoms with Gasteiger partial charge in [0.05, 0.1) is 20.3 Å². The van der Waals surface area contributed by atoms with Crippen molar-refractivity contribution >= 4 is 6.08 Å². The van der Waals surface area contributed by atoms with Gasteiger partial charge in [-0.3, -0.25) is 0 Å². The molecule has 13 heteroatoms. The Hall–Kier alpha value is -2.04. The molecule has 10 atom stereocenters. The van der Waals surface area contributed by atoms with E-state index in [4.69, 9.17) is 23.7 Å². The average molecular weight is 504 g/mol. The molecule has 2 saturated heterocycles. The molecule has 0 spiro atoms. The molecule has 0 aliphatic carbocycles. The van der Waals surface area contributed by atoms with Gasteiger partial charge in [0.2, 0.25) is 12.6 Å². The van der Waals surface area contributed by atoms with Gasteiger partial charge in [-0.25, -0.2) is 0 Å². The second kappa shape index (κ2) is 11.8. The number of hydrogen-bond acceptors (Lipinski definition) is 13. The molecule has 8 N–H and O–H groups in total. The predicted octanol–water partition coefficient (Wildman–Crippen LogP) is -2.91. The molecule has 2 fully saturated rings. The number of allylic oxidation sites excluding steroid dienone is 1. The second-order valence-electron chi connectivity index (χ2n) is 8.17. The van der Waals surface area contributed by atoms with E-state index in [0.717, 1.165) is 0 Å². The van der Waals surface area contributed by atoms with Crippen LogP contribution in [-0.4, -0.2) is 123 Å². The maximum absolute atomic E-state index is 10.3. The minimum absolute atomic E-state index is 0.0373. The maximum Gasteiger partial charge on any atom is 0.229 e. The Labute approximate surface area is 200 Å². The highest BCUT2D eigenvalue weighted by molar-refractivity contribution is 5.63. The molecule has 35 heavy (non-hydrogen) atoms. The van der Waals surface area contributed by atoms with Crippen LogP contribution in [-0.2, 0) is 9.47 Å². The van der Waals surface area contributed by atoms with Gasteiger partial charge in [0, 0.05) is 11.6 Å². The summed E-state index contributed by atoms with van der Waals surface area (Å²) < 4.78 is 27.6. The highest BCUT2D eigenvalue weighted by Gasteiger charge is 2.46. The van der Waals surface area contributed by atoms with E-state index in [1.54, 1.807) is 19.1 Å². The molecule has 2 heterocycles. The van der Waals surface area contributed by atoms with Crippen LogP contribution in [0, 0.1) is 0 Å². The van der Waals surface area contributed by atoms with Crippen molar-refractivity contribution < 1.29 is 64.5 Å². The van der Waals surface area contributed by atoms with Crippen molar-refractivity contribution in [3.63, 3.8) is 0 Å². The first-order valence-electron chi connectivity index (χ1n) is 11.0. The third-order valence-corrected chi connectivity index (χ3v) is 5.83. The van der Waals surface area contributed by atoms with E-state index in [1.807, 2.05) is 0 Å². The molecular formula is C22H32O13. The van der Waals surface area contributed by atoms with Crippen LogP contribution < -0.4 is 14.2 Å². The molecule has 10 unspecified atom stereocenters. The number of hydrogen-bond donors (Lipinski definition) is 8. The summed E-state index contributed by atoms with van der Waals surface area (Å²) in [5.74, 6) is 0.189. The first-order chi connectivity index (χ1) is 16.7.